The van der Waals surface area contributed by atoms with Gasteiger partial charge in [0, 0.05) is 18.5 Å². The van der Waals surface area contributed by atoms with E-state index in [9.17, 15) is 4.39 Å². The highest BCUT2D eigenvalue weighted by Crippen LogP contribution is 2.22. The van der Waals surface area contributed by atoms with Crippen LogP contribution in [-0.4, -0.2) is 24.0 Å². The van der Waals surface area contributed by atoms with E-state index in [0.29, 0.717) is 24.9 Å². The SMILES string of the molecule is CCNC(=NCc1nc(C)c(C)o1)NCC(C)(C)c1ccc(F)cc1. The zero-order valence-electron chi connectivity index (χ0n) is 15.6. The van der Waals surface area contributed by atoms with Gasteiger partial charge < -0.3 is 15.1 Å². The molecule has 2 aromatic rings. The lowest BCUT2D eigenvalue weighted by Gasteiger charge is -2.26. The maximum Gasteiger partial charge on any atom is 0.216 e. The molecule has 0 aliphatic carbocycles. The molecule has 0 saturated heterocycles. The van der Waals surface area contributed by atoms with Gasteiger partial charge in [-0.05, 0) is 38.5 Å². The van der Waals surface area contributed by atoms with Gasteiger partial charge in [-0.1, -0.05) is 26.0 Å². The molecule has 0 bridgehead atoms. The van der Waals surface area contributed by atoms with Gasteiger partial charge >= 0.3 is 0 Å². The van der Waals surface area contributed by atoms with Crippen LogP contribution in [0.15, 0.2) is 33.7 Å². The Morgan fingerprint density at radius 3 is 2.44 bits per heavy atom. The van der Waals surface area contributed by atoms with Gasteiger partial charge in [0.25, 0.3) is 0 Å². The van der Waals surface area contributed by atoms with E-state index in [1.807, 2.05) is 32.9 Å². The summed E-state index contributed by atoms with van der Waals surface area (Å²) in [5.74, 6) is 1.90. The molecular weight excluding hydrogens is 319 g/mol. The van der Waals surface area contributed by atoms with Crippen LogP contribution in [0.25, 0.3) is 0 Å². The van der Waals surface area contributed by atoms with Gasteiger partial charge in [-0.25, -0.2) is 14.4 Å². The van der Waals surface area contributed by atoms with Crippen LogP contribution in [0.1, 0.15) is 43.7 Å². The monoisotopic (exact) mass is 346 g/mol. The summed E-state index contributed by atoms with van der Waals surface area (Å²) in [4.78, 5) is 8.87. The van der Waals surface area contributed by atoms with Crippen molar-refractivity contribution >= 4 is 5.96 Å². The molecule has 5 nitrogen and oxygen atoms in total. The fourth-order valence-electron chi connectivity index (χ4n) is 2.40. The Labute approximate surface area is 148 Å². The molecule has 0 unspecified atom stereocenters. The van der Waals surface area contributed by atoms with Crippen molar-refractivity contribution in [1.82, 2.24) is 15.6 Å². The summed E-state index contributed by atoms with van der Waals surface area (Å²) in [6.45, 7) is 11.8. The number of guanidine groups is 1. The van der Waals surface area contributed by atoms with Crippen LogP contribution in [0.3, 0.4) is 0 Å². The number of oxazole rings is 1. The molecule has 136 valence electrons. The van der Waals surface area contributed by atoms with Crippen LogP contribution in [0.4, 0.5) is 4.39 Å². The highest BCUT2D eigenvalue weighted by molar-refractivity contribution is 5.79. The number of halogens is 1. The summed E-state index contributed by atoms with van der Waals surface area (Å²) in [5, 5.41) is 6.56. The number of aryl methyl sites for hydroxylation is 2. The minimum atomic E-state index is -0.223. The third-order valence-electron chi connectivity index (χ3n) is 4.11. The van der Waals surface area contributed by atoms with Crippen LogP contribution >= 0.6 is 0 Å². The first-order valence-corrected chi connectivity index (χ1v) is 8.53. The number of aromatic nitrogens is 1. The Morgan fingerprint density at radius 2 is 1.88 bits per heavy atom. The lowest BCUT2D eigenvalue weighted by Crippen LogP contribution is -2.43. The zero-order chi connectivity index (χ0) is 18.4. The van der Waals surface area contributed by atoms with Gasteiger partial charge in [0.1, 0.15) is 18.1 Å². The van der Waals surface area contributed by atoms with Crippen LogP contribution in [0, 0.1) is 19.7 Å². The first kappa shape index (κ1) is 19.0. The summed E-state index contributed by atoms with van der Waals surface area (Å²) in [5.41, 5.74) is 1.79. The predicted molar refractivity (Wildman–Crippen MR) is 98.2 cm³/mol. The first-order chi connectivity index (χ1) is 11.8. The van der Waals surface area contributed by atoms with Crippen molar-refractivity contribution in [1.29, 1.82) is 0 Å². The van der Waals surface area contributed by atoms with E-state index in [-0.39, 0.29) is 11.2 Å². The number of aliphatic imine (C=N–C) groups is 1. The summed E-state index contributed by atoms with van der Waals surface area (Å²) in [7, 11) is 0. The van der Waals surface area contributed by atoms with Crippen molar-refractivity contribution < 1.29 is 8.81 Å². The minimum absolute atomic E-state index is 0.167. The Kier molecular flexibility index (Phi) is 6.17. The predicted octanol–water partition coefficient (Wildman–Crippen LogP) is 3.46. The molecule has 1 aromatic carbocycles. The molecule has 0 saturated carbocycles. The van der Waals surface area contributed by atoms with Gasteiger partial charge in [0.2, 0.25) is 5.89 Å². The maximum atomic E-state index is 13.1. The highest BCUT2D eigenvalue weighted by Gasteiger charge is 2.21. The summed E-state index contributed by atoms with van der Waals surface area (Å²) >= 11 is 0. The Bertz CT molecular complexity index is 700. The van der Waals surface area contributed by atoms with Crippen molar-refractivity contribution in [2.45, 2.75) is 46.6 Å². The van der Waals surface area contributed by atoms with Crippen molar-refractivity contribution in [3.63, 3.8) is 0 Å². The molecule has 0 spiro atoms. The van der Waals surface area contributed by atoms with Crippen LogP contribution in [0.2, 0.25) is 0 Å². The number of rotatable bonds is 6. The summed E-state index contributed by atoms with van der Waals surface area (Å²) in [6, 6.07) is 6.62. The Morgan fingerprint density at radius 1 is 1.20 bits per heavy atom. The standard InChI is InChI=1S/C19H27FN4O/c1-6-21-18(22-11-17-24-13(2)14(3)25-17)23-12-19(4,5)15-7-9-16(20)10-8-15/h7-10H,6,11-12H2,1-5H3,(H2,21,22,23). The van der Waals surface area contributed by atoms with Gasteiger partial charge in [0.15, 0.2) is 5.96 Å². The fourth-order valence-corrected chi connectivity index (χ4v) is 2.40. The smallest absolute Gasteiger partial charge is 0.216 e. The minimum Gasteiger partial charge on any atom is -0.444 e. The third-order valence-corrected chi connectivity index (χ3v) is 4.11. The van der Waals surface area contributed by atoms with E-state index < -0.39 is 0 Å². The van der Waals surface area contributed by atoms with Gasteiger partial charge in [-0.2, -0.15) is 0 Å². The molecule has 0 radical (unpaired) electrons. The summed E-state index contributed by atoms with van der Waals surface area (Å²) in [6.07, 6.45) is 0. The maximum absolute atomic E-state index is 13.1. The van der Waals surface area contributed by atoms with E-state index in [1.165, 1.54) is 12.1 Å². The Hall–Kier alpha value is -2.37. The zero-order valence-corrected chi connectivity index (χ0v) is 15.6. The molecule has 0 aliphatic rings. The number of benzene rings is 1. The summed E-state index contributed by atoms with van der Waals surface area (Å²) < 4.78 is 18.7. The number of nitrogens with one attached hydrogen (secondary N) is 2. The molecule has 0 aliphatic heterocycles. The van der Waals surface area contributed by atoms with Crippen molar-refractivity contribution in [3.8, 4) is 0 Å². The van der Waals surface area contributed by atoms with E-state index in [1.54, 1.807) is 0 Å². The van der Waals surface area contributed by atoms with Crippen molar-refractivity contribution in [2.75, 3.05) is 13.1 Å². The normalized spacial score (nSPS) is 12.3. The molecule has 0 fully saturated rings. The average molecular weight is 346 g/mol. The van der Waals surface area contributed by atoms with Gasteiger partial charge in [0.05, 0.1) is 5.69 Å². The number of nitrogens with zero attached hydrogens (tertiary/aromatic N) is 2. The molecule has 6 heteroatoms. The van der Waals surface area contributed by atoms with E-state index in [2.05, 4.69) is 34.5 Å². The van der Waals surface area contributed by atoms with Crippen LogP contribution < -0.4 is 10.6 Å². The molecule has 1 heterocycles. The lowest BCUT2D eigenvalue weighted by molar-refractivity contribution is 0.471. The topological polar surface area (TPSA) is 62.5 Å². The molecule has 1 aromatic heterocycles. The quantitative estimate of drug-likeness (QED) is 0.621. The molecule has 25 heavy (non-hydrogen) atoms. The highest BCUT2D eigenvalue weighted by atomic mass is 19.1. The second kappa shape index (κ2) is 8.14. The fraction of sp³-hybridized carbons (Fsp3) is 0.474. The molecule has 2 rings (SSSR count). The van der Waals surface area contributed by atoms with Crippen LogP contribution in [0.5, 0.6) is 0 Å². The number of hydrogen-bond acceptors (Lipinski definition) is 3. The molecule has 0 atom stereocenters. The van der Waals surface area contributed by atoms with Gasteiger partial charge in [-0.3, -0.25) is 0 Å². The Balaban J connectivity index is 2.02. The second-order valence-electron chi connectivity index (χ2n) is 6.69. The second-order valence-corrected chi connectivity index (χ2v) is 6.69. The first-order valence-electron chi connectivity index (χ1n) is 8.53. The van der Waals surface area contributed by atoms with E-state index in [0.717, 1.165) is 23.6 Å². The molecule has 2 N–H and O–H groups in total. The average Bonchev–Trinajstić information content (AvgIpc) is 2.89. The van der Waals surface area contributed by atoms with Crippen molar-refractivity contribution in [3.05, 3.63) is 53.0 Å². The van der Waals surface area contributed by atoms with Crippen LogP contribution in [-0.2, 0) is 12.0 Å². The van der Waals surface area contributed by atoms with E-state index in [4.69, 9.17) is 4.42 Å². The molecule has 0 amide bonds. The third kappa shape index (κ3) is 5.31. The number of hydrogen-bond donors (Lipinski definition) is 2. The van der Waals surface area contributed by atoms with E-state index >= 15 is 0 Å². The molecular formula is C19H27FN4O. The van der Waals surface area contributed by atoms with Gasteiger partial charge in [-0.15, -0.1) is 0 Å². The largest absolute Gasteiger partial charge is 0.444 e. The lowest BCUT2D eigenvalue weighted by atomic mass is 9.84. The van der Waals surface area contributed by atoms with Crippen molar-refractivity contribution in [2.24, 2.45) is 4.99 Å².